The van der Waals surface area contributed by atoms with Crippen LogP contribution < -0.4 is 10.6 Å². The third kappa shape index (κ3) is 4.74. The number of rotatable bonds is 4. The molecule has 1 rings (SSSR count). The highest BCUT2D eigenvalue weighted by Gasteiger charge is 2.16. The molecule has 1 aromatic heterocycles. The summed E-state index contributed by atoms with van der Waals surface area (Å²) < 4.78 is 0. The third-order valence-corrected chi connectivity index (χ3v) is 1.79. The fourth-order valence-corrected chi connectivity index (χ4v) is 1.01. The number of carbonyl (C=O) groups excluding carboxylic acids is 1. The quantitative estimate of drug-likeness (QED) is 0.602. The van der Waals surface area contributed by atoms with E-state index in [-0.39, 0.29) is 18.1 Å². The van der Waals surface area contributed by atoms with E-state index in [1.54, 1.807) is 13.8 Å². The average Bonchev–Trinajstić information content (AvgIpc) is 2.25. The maximum absolute atomic E-state index is 11.5. The van der Waals surface area contributed by atoms with E-state index in [0.29, 0.717) is 0 Å². The lowest BCUT2D eigenvalue weighted by Gasteiger charge is -2.17. The van der Waals surface area contributed by atoms with Crippen LogP contribution in [0.1, 0.15) is 24.5 Å². The minimum absolute atomic E-state index is 0.0598. The molecule has 8 heteroatoms. The van der Waals surface area contributed by atoms with Gasteiger partial charge in [0, 0.05) is 6.54 Å². The first-order valence-corrected chi connectivity index (χ1v) is 5.10. The first-order chi connectivity index (χ1) is 8.28. The maximum atomic E-state index is 11.5. The number of anilines is 1. The molecule has 0 aliphatic heterocycles. The second-order valence-electron chi connectivity index (χ2n) is 4.22. The number of hydrogen-bond donors (Lipinski definition) is 4. The summed E-state index contributed by atoms with van der Waals surface area (Å²) in [6.45, 7) is 3.16. The average molecular weight is 254 g/mol. The van der Waals surface area contributed by atoms with E-state index in [4.69, 9.17) is 5.11 Å². The van der Waals surface area contributed by atoms with Gasteiger partial charge in [0.05, 0.1) is 23.7 Å². The van der Waals surface area contributed by atoms with Crippen molar-refractivity contribution in [2.75, 3.05) is 11.9 Å². The minimum Gasteiger partial charge on any atom is -0.465 e. The smallest absolute Gasteiger partial charge is 0.409 e. The van der Waals surface area contributed by atoms with Gasteiger partial charge in [0.2, 0.25) is 5.82 Å². The monoisotopic (exact) mass is 254 g/mol. The van der Waals surface area contributed by atoms with Gasteiger partial charge in [0.15, 0.2) is 0 Å². The van der Waals surface area contributed by atoms with Gasteiger partial charge in [-0.1, -0.05) is 0 Å². The Morgan fingerprint density at radius 3 is 2.33 bits per heavy atom. The first-order valence-electron chi connectivity index (χ1n) is 5.10. The fraction of sp³-hybridized carbons (Fsp3) is 0.400. The predicted octanol–water partition coefficient (Wildman–Crippen LogP) is 0.0672. The Morgan fingerprint density at radius 1 is 1.33 bits per heavy atom. The van der Waals surface area contributed by atoms with Crippen molar-refractivity contribution in [3.8, 4) is 0 Å². The van der Waals surface area contributed by atoms with Gasteiger partial charge in [0.25, 0.3) is 5.91 Å². The largest absolute Gasteiger partial charge is 0.465 e. The lowest BCUT2D eigenvalue weighted by molar-refractivity contribution is 0.0689. The summed E-state index contributed by atoms with van der Waals surface area (Å²) in [6, 6.07) is 0. The van der Waals surface area contributed by atoms with Crippen molar-refractivity contribution in [3.05, 3.63) is 18.2 Å². The van der Waals surface area contributed by atoms with Gasteiger partial charge in [-0.2, -0.15) is 0 Å². The van der Waals surface area contributed by atoms with E-state index in [1.807, 2.05) is 5.32 Å². The van der Waals surface area contributed by atoms with Crippen molar-refractivity contribution in [1.82, 2.24) is 15.3 Å². The van der Waals surface area contributed by atoms with E-state index in [9.17, 15) is 14.7 Å². The summed E-state index contributed by atoms with van der Waals surface area (Å²) in [4.78, 5) is 29.3. The Bertz CT molecular complexity index is 438. The molecule has 8 nitrogen and oxygen atoms in total. The normalized spacial score (nSPS) is 10.8. The molecule has 2 amide bonds. The van der Waals surface area contributed by atoms with Crippen molar-refractivity contribution in [2.45, 2.75) is 19.4 Å². The van der Waals surface area contributed by atoms with Crippen LogP contribution in [0.25, 0.3) is 0 Å². The highest BCUT2D eigenvalue weighted by Crippen LogP contribution is 2.03. The second-order valence-corrected chi connectivity index (χ2v) is 4.22. The number of carboxylic acid groups (broad SMARTS) is 1. The number of amides is 2. The third-order valence-electron chi connectivity index (χ3n) is 1.79. The van der Waals surface area contributed by atoms with Crippen LogP contribution in [0.3, 0.4) is 0 Å². The number of hydrogen-bond acceptors (Lipinski definition) is 5. The molecule has 0 atom stereocenters. The molecule has 1 heterocycles. The second kappa shape index (κ2) is 5.41. The zero-order valence-corrected chi connectivity index (χ0v) is 9.97. The molecule has 0 fully saturated rings. The topological polar surface area (TPSA) is 124 Å². The molecule has 0 aliphatic rings. The van der Waals surface area contributed by atoms with Crippen molar-refractivity contribution >= 4 is 17.7 Å². The van der Waals surface area contributed by atoms with Gasteiger partial charge < -0.3 is 15.5 Å². The summed E-state index contributed by atoms with van der Waals surface area (Å²) in [5.74, 6) is -0.644. The van der Waals surface area contributed by atoms with Crippen molar-refractivity contribution < 1.29 is 19.8 Å². The van der Waals surface area contributed by atoms with Gasteiger partial charge in [-0.3, -0.25) is 10.1 Å². The Balaban J connectivity index is 2.62. The number of aliphatic hydroxyl groups is 1. The van der Waals surface area contributed by atoms with Crippen molar-refractivity contribution in [3.63, 3.8) is 0 Å². The van der Waals surface area contributed by atoms with Crippen molar-refractivity contribution in [2.24, 2.45) is 0 Å². The van der Waals surface area contributed by atoms with Crippen LogP contribution in [0.5, 0.6) is 0 Å². The molecule has 18 heavy (non-hydrogen) atoms. The molecule has 1 aromatic rings. The Hall–Kier alpha value is -2.22. The van der Waals surface area contributed by atoms with Gasteiger partial charge in [-0.15, -0.1) is 0 Å². The fourth-order valence-electron chi connectivity index (χ4n) is 1.01. The summed E-state index contributed by atoms with van der Waals surface area (Å²) in [5.41, 5.74) is -0.859. The van der Waals surface area contributed by atoms with Crippen LogP contribution in [-0.2, 0) is 0 Å². The van der Waals surface area contributed by atoms with Gasteiger partial charge >= 0.3 is 6.09 Å². The van der Waals surface area contributed by atoms with Crippen LogP contribution in [0, 0.1) is 0 Å². The van der Waals surface area contributed by atoms with Gasteiger partial charge in [0.1, 0.15) is 0 Å². The summed E-state index contributed by atoms with van der Waals surface area (Å²) in [5, 5.41) is 22.4. The molecule has 0 spiro atoms. The molecule has 0 bridgehead atoms. The molecule has 0 radical (unpaired) electrons. The molecule has 4 N–H and O–H groups in total. The number of carbonyl (C=O) groups is 2. The van der Waals surface area contributed by atoms with Crippen LogP contribution in [0.2, 0.25) is 0 Å². The molecule has 0 aliphatic carbocycles. The number of aromatic nitrogens is 2. The summed E-state index contributed by atoms with van der Waals surface area (Å²) >= 11 is 0. The lowest BCUT2D eigenvalue weighted by Crippen LogP contribution is -2.38. The zero-order valence-electron chi connectivity index (χ0n) is 9.97. The predicted molar refractivity (Wildman–Crippen MR) is 62.3 cm³/mol. The zero-order chi connectivity index (χ0) is 13.8. The van der Waals surface area contributed by atoms with Gasteiger partial charge in [-0.25, -0.2) is 14.8 Å². The number of nitrogens with zero attached hydrogens (tertiary/aromatic N) is 2. The van der Waals surface area contributed by atoms with E-state index < -0.39 is 17.6 Å². The minimum atomic E-state index is -1.24. The van der Waals surface area contributed by atoms with Crippen LogP contribution >= 0.6 is 0 Å². The van der Waals surface area contributed by atoms with Crippen LogP contribution in [0.15, 0.2) is 12.4 Å². The van der Waals surface area contributed by atoms with E-state index in [2.05, 4.69) is 15.3 Å². The molecule has 0 aromatic carbocycles. The number of nitrogens with one attached hydrogen (secondary N) is 2. The summed E-state index contributed by atoms with van der Waals surface area (Å²) in [6.07, 6.45) is 1.12. The SMILES string of the molecule is CC(C)(O)CNC(=O)c1ncc(NC(=O)O)cn1. The highest BCUT2D eigenvalue weighted by molar-refractivity contribution is 5.90. The van der Waals surface area contributed by atoms with Gasteiger partial charge in [-0.05, 0) is 13.8 Å². The van der Waals surface area contributed by atoms with Crippen LogP contribution in [0.4, 0.5) is 10.5 Å². The Morgan fingerprint density at radius 2 is 1.89 bits per heavy atom. The molecule has 0 unspecified atom stereocenters. The summed E-state index contributed by atoms with van der Waals surface area (Å²) in [7, 11) is 0. The van der Waals surface area contributed by atoms with Crippen LogP contribution in [-0.4, -0.2) is 44.3 Å². The van der Waals surface area contributed by atoms with Crippen molar-refractivity contribution in [1.29, 1.82) is 0 Å². The Kier molecular flexibility index (Phi) is 4.16. The lowest BCUT2D eigenvalue weighted by atomic mass is 10.1. The highest BCUT2D eigenvalue weighted by atomic mass is 16.4. The molecule has 0 saturated carbocycles. The standard InChI is InChI=1S/C10H14N4O4/c1-10(2,18)5-13-8(15)7-11-3-6(4-12-7)14-9(16)17/h3-4,14,18H,5H2,1-2H3,(H,13,15)(H,16,17). The molecule has 98 valence electrons. The molecule has 0 saturated heterocycles. The van der Waals surface area contributed by atoms with E-state index >= 15 is 0 Å². The Labute approximate surface area is 103 Å². The maximum Gasteiger partial charge on any atom is 0.409 e. The molecular weight excluding hydrogens is 240 g/mol. The molecular formula is C10H14N4O4. The van der Waals surface area contributed by atoms with E-state index in [1.165, 1.54) is 12.4 Å². The first kappa shape index (κ1) is 13.8. The van der Waals surface area contributed by atoms with E-state index in [0.717, 1.165) is 0 Å².